The molecule has 0 radical (unpaired) electrons. The molecule has 0 amide bonds. The van der Waals surface area contributed by atoms with Crippen molar-refractivity contribution in [3.05, 3.63) is 57.9 Å². The summed E-state index contributed by atoms with van der Waals surface area (Å²) in [5.41, 5.74) is 4.56. The van der Waals surface area contributed by atoms with E-state index in [1.165, 1.54) is 11.1 Å². The Morgan fingerprint density at radius 1 is 1.23 bits per heavy atom. The molecule has 0 bridgehead atoms. The van der Waals surface area contributed by atoms with Crippen molar-refractivity contribution in [1.82, 2.24) is 4.57 Å². The van der Waals surface area contributed by atoms with E-state index in [1.807, 2.05) is 12.1 Å². The van der Waals surface area contributed by atoms with Crippen molar-refractivity contribution in [3.63, 3.8) is 0 Å². The van der Waals surface area contributed by atoms with E-state index in [9.17, 15) is 0 Å². The Hall–Kier alpha value is -2.07. The topological polar surface area (TPSA) is 30.4 Å². The molecular formula is C18H20N2OS. The molecule has 22 heavy (non-hydrogen) atoms. The third-order valence-corrected chi connectivity index (χ3v) is 4.46. The quantitative estimate of drug-likeness (QED) is 0.661. The van der Waals surface area contributed by atoms with Crippen LogP contribution in [0.5, 0.6) is 0 Å². The van der Waals surface area contributed by atoms with Crippen molar-refractivity contribution in [2.75, 3.05) is 0 Å². The van der Waals surface area contributed by atoms with Gasteiger partial charge in [-0.3, -0.25) is 0 Å². The summed E-state index contributed by atoms with van der Waals surface area (Å²) in [5, 5.41) is 2.12. The summed E-state index contributed by atoms with van der Waals surface area (Å²) in [5.74, 6) is 0.895. The molecule has 0 saturated carbocycles. The Morgan fingerprint density at radius 3 is 2.82 bits per heavy atom. The van der Waals surface area contributed by atoms with Gasteiger partial charge in [-0.15, -0.1) is 11.3 Å². The van der Waals surface area contributed by atoms with E-state index in [0.717, 1.165) is 34.9 Å². The lowest BCUT2D eigenvalue weighted by atomic mass is 10.1. The van der Waals surface area contributed by atoms with Gasteiger partial charge in [0.2, 0.25) is 0 Å². The average Bonchev–Trinajstić information content (AvgIpc) is 3.14. The van der Waals surface area contributed by atoms with E-state index >= 15 is 0 Å². The molecule has 1 aromatic carbocycles. The molecular weight excluding hydrogens is 292 g/mol. The summed E-state index contributed by atoms with van der Waals surface area (Å²) in [6, 6.07) is 10.3. The first-order chi connectivity index (χ1) is 10.7. The Bertz CT molecular complexity index is 825. The van der Waals surface area contributed by atoms with Crippen molar-refractivity contribution in [2.24, 2.45) is 4.99 Å². The van der Waals surface area contributed by atoms with Gasteiger partial charge >= 0.3 is 0 Å². The summed E-state index contributed by atoms with van der Waals surface area (Å²) in [7, 11) is 0. The maximum Gasteiger partial charge on any atom is 0.190 e. The molecule has 4 heteroatoms. The van der Waals surface area contributed by atoms with E-state index in [2.05, 4.69) is 48.9 Å². The normalized spacial score (nSPS) is 12.0. The molecule has 2 heterocycles. The number of benzene rings is 1. The van der Waals surface area contributed by atoms with Crippen LogP contribution in [0.3, 0.4) is 0 Å². The molecule has 0 fully saturated rings. The number of thiazole rings is 1. The minimum Gasteiger partial charge on any atom is -0.463 e. The molecule has 3 aromatic rings. The predicted molar refractivity (Wildman–Crippen MR) is 91.4 cm³/mol. The van der Waals surface area contributed by atoms with Crippen molar-refractivity contribution in [1.29, 1.82) is 0 Å². The summed E-state index contributed by atoms with van der Waals surface area (Å²) in [6.45, 7) is 7.31. The van der Waals surface area contributed by atoms with E-state index < -0.39 is 0 Å². The van der Waals surface area contributed by atoms with Crippen LogP contribution in [-0.4, -0.2) is 4.57 Å². The van der Waals surface area contributed by atoms with Crippen LogP contribution in [0, 0.1) is 13.8 Å². The zero-order valence-corrected chi connectivity index (χ0v) is 14.0. The van der Waals surface area contributed by atoms with Crippen molar-refractivity contribution in [2.45, 2.75) is 33.7 Å². The summed E-state index contributed by atoms with van der Waals surface area (Å²) >= 11 is 1.66. The molecule has 114 valence electrons. The van der Waals surface area contributed by atoms with Crippen molar-refractivity contribution < 1.29 is 4.42 Å². The summed E-state index contributed by atoms with van der Waals surface area (Å²) in [4.78, 5) is 5.91. The van der Waals surface area contributed by atoms with Crippen LogP contribution < -0.4 is 4.80 Å². The zero-order chi connectivity index (χ0) is 15.5. The van der Waals surface area contributed by atoms with Gasteiger partial charge in [-0.05, 0) is 49.6 Å². The van der Waals surface area contributed by atoms with Gasteiger partial charge in [0.1, 0.15) is 0 Å². The van der Waals surface area contributed by atoms with E-state index in [1.54, 1.807) is 17.6 Å². The Morgan fingerprint density at radius 2 is 2.09 bits per heavy atom. The average molecular weight is 312 g/mol. The van der Waals surface area contributed by atoms with Crippen LogP contribution in [0.4, 0.5) is 5.69 Å². The largest absolute Gasteiger partial charge is 0.463 e. The molecule has 0 N–H and O–H groups in total. The number of furan rings is 1. The maximum absolute atomic E-state index is 5.56. The first kappa shape index (κ1) is 14.9. The van der Waals surface area contributed by atoms with Gasteiger partial charge < -0.3 is 8.98 Å². The fraction of sp³-hybridized carbons (Fsp3) is 0.278. The SMILES string of the molecule is CCCn1c(-c2ccco2)csc1=Nc1cc(C)ccc1C. The summed E-state index contributed by atoms with van der Waals surface area (Å²) < 4.78 is 7.80. The lowest BCUT2D eigenvalue weighted by Crippen LogP contribution is -2.15. The fourth-order valence-corrected chi connectivity index (χ4v) is 3.35. The number of hydrogen-bond acceptors (Lipinski definition) is 3. The number of hydrogen-bond donors (Lipinski definition) is 0. The fourth-order valence-electron chi connectivity index (χ4n) is 2.42. The lowest BCUT2D eigenvalue weighted by Gasteiger charge is -2.06. The van der Waals surface area contributed by atoms with Crippen LogP contribution in [0.25, 0.3) is 11.5 Å². The van der Waals surface area contributed by atoms with Crippen LogP contribution in [0.2, 0.25) is 0 Å². The lowest BCUT2D eigenvalue weighted by molar-refractivity contribution is 0.567. The summed E-state index contributed by atoms with van der Waals surface area (Å²) in [6.07, 6.45) is 2.77. The van der Waals surface area contributed by atoms with Crippen LogP contribution >= 0.6 is 11.3 Å². The second-order valence-electron chi connectivity index (χ2n) is 5.43. The molecule has 3 nitrogen and oxygen atoms in total. The second-order valence-corrected chi connectivity index (χ2v) is 6.27. The van der Waals surface area contributed by atoms with Crippen LogP contribution in [-0.2, 0) is 6.54 Å². The molecule has 0 aliphatic rings. The molecule has 0 spiro atoms. The molecule has 0 unspecified atom stereocenters. The molecule has 3 rings (SSSR count). The third kappa shape index (κ3) is 2.92. The first-order valence-corrected chi connectivity index (χ1v) is 8.41. The molecule has 2 aromatic heterocycles. The van der Waals surface area contributed by atoms with E-state index in [0.29, 0.717) is 0 Å². The molecule has 0 aliphatic heterocycles. The highest BCUT2D eigenvalue weighted by atomic mass is 32.1. The van der Waals surface area contributed by atoms with Gasteiger partial charge in [-0.2, -0.15) is 0 Å². The van der Waals surface area contributed by atoms with Gasteiger partial charge in [-0.25, -0.2) is 4.99 Å². The molecule has 0 saturated heterocycles. The predicted octanol–water partition coefficient (Wildman–Crippen LogP) is 5.07. The zero-order valence-electron chi connectivity index (χ0n) is 13.2. The highest BCUT2D eigenvalue weighted by molar-refractivity contribution is 7.07. The molecule has 0 atom stereocenters. The number of aryl methyl sites for hydroxylation is 2. The highest BCUT2D eigenvalue weighted by Crippen LogP contribution is 2.23. The standard InChI is InChI=1S/C18H20N2OS/c1-4-9-20-16(17-6-5-10-21-17)12-22-18(20)19-15-11-13(2)7-8-14(15)3/h5-8,10-12H,4,9H2,1-3H3. The third-order valence-electron chi connectivity index (χ3n) is 3.60. The molecule has 0 aliphatic carbocycles. The van der Waals surface area contributed by atoms with Crippen LogP contribution in [0.15, 0.2) is 51.4 Å². The van der Waals surface area contributed by atoms with Gasteiger partial charge in [0, 0.05) is 11.9 Å². The van der Waals surface area contributed by atoms with E-state index in [-0.39, 0.29) is 0 Å². The smallest absolute Gasteiger partial charge is 0.190 e. The number of rotatable bonds is 4. The van der Waals surface area contributed by atoms with Gasteiger partial charge in [0.05, 0.1) is 17.6 Å². The van der Waals surface area contributed by atoms with Crippen LogP contribution in [0.1, 0.15) is 24.5 Å². The van der Waals surface area contributed by atoms with Crippen molar-refractivity contribution >= 4 is 17.0 Å². The van der Waals surface area contributed by atoms with E-state index in [4.69, 9.17) is 9.41 Å². The Balaban J connectivity index is 2.14. The minimum absolute atomic E-state index is 0.895. The van der Waals surface area contributed by atoms with Crippen molar-refractivity contribution in [3.8, 4) is 11.5 Å². The Kier molecular flexibility index (Phi) is 4.29. The Labute approximate surface area is 134 Å². The first-order valence-electron chi connectivity index (χ1n) is 7.53. The minimum atomic E-state index is 0.895. The highest BCUT2D eigenvalue weighted by Gasteiger charge is 2.10. The maximum atomic E-state index is 5.56. The van der Waals surface area contributed by atoms with Gasteiger partial charge in [0.25, 0.3) is 0 Å². The monoisotopic (exact) mass is 312 g/mol. The second kappa shape index (κ2) is 6.36. The number of aromatic nitrogens is 1. The number of nitrogens with zero attached hydrogens (tertiary/aromatic N) is 2. The van der Waals surface area contributed by atoms with Gasteiger partial charge in [0.15, 0.2) is 10.6 Å². The van der Waals surface area contributed by atoms with Gasteiger partial charge in [-0.1, -0.05) is 19.1 Å².